The number of fused-ring (bicyclic) bond motifs is 1. The monoisotopic (exact) mass is 266 g/mol. The molecule has 0 saturated carbocycles. The number of ether oxygens (including phenoxy) is 1. The fourth-order valence-electron chi connectivity index (χ4n) is 2.96. The van der Waals surface area contributed by atoms with Crippen LogP contribution in [0.25, 0.3) is 0 Å². The molecule has 0 radical (unpaired) electrons. The summed E-state index contributed by atoms with van der Waals surface area (Å²) < 4.78 is 5.33. The summed E-state index contributed by atoms with van der Waals surface area (Å²) in [7, 11) is 0. The van der Waals surface area contributed by atoms with Crippen LogP contribution >= 0.6 is 0 Å². The van der Waals surface area contributed by atoms with Crippen LogP contribution < -0.4 is 0 Å². The summed E-state index contributed by atoms with van der Waals surface area (Å²) in [5.41, 5.74) is 1.70. The number of hydrogen-bond donors (Lipinski definition) is 2. The molecule has 106 valence electrons. The molecular formula is C15H22O4. The van der Waals surface area contributed by atoms with Gasteiger partial charge in [0.05, 0.1) is 18.1 Å². The first-order valence-electron chi connectivity index (χ1n) is 6.81. The Balaban J connectivity index is 2.30. The van der Waals surface area contributed by atoms with E-state index in [2.05, 4.69) is 6.58 Å². The van der Waals surface area contributed by atoms with Crippen LogP contribution in [0.3, 0.4) is 0 Å². The summed E-state index contributed by atoms with van der Waals surface area (Å²) in [6.45, 7) is 7.60. The van der Waals surface area contributed by atoms with Gasteiger partial charge >= 0.3 is 5.97 Å². The van der Waals surface area contributed by atoms with Crippen LogP contribution in [0.2, 0.25) is 0 Å². The first kappa shape index (κ1) is 14.3. The topological polar surface area (TPSA) is 66.8 Å². The second kappa shape index (κ2) is 5.47. The zero-order valence-corrected chi connectivity index (χ0v) is 11.5. The van der Waals surface area contributed by atoms with Crippen molar-refractivity contribution in [3.8, 4) is 0 Å². The molecule has 0 spiro atoms. The van der Waals surface area contributed by atoms with Gasteiger partial charge in [0.1, 0.15) is 6.10 Å². The third-order valence-electron chi connectivity index (χ3n) is 4.24. The van der Waals surface area contributed by atoms with Crippen LogP contribution in [-0.2, 0) is 9.53 Å². The number of carbonyl (C=O) groups excluding carboxylic acids is 1. The summed E-state index contributed by atoms with van der Waals surface area (Å²) >= 11 is 0. The maximum absolute atomic E-state index is 11.7. The first-order valence-corrected chi connectivity index (χ1v) is 6.81. The Kier molecular flexibility index (Phi) is 4.11. The average Bonchev–Trinajstić information content (AvgIpc) is 2.60. The van der Waals surface area contributed by atoms with E-state index >= 15 is 0 Å². The molecule has 1 saturated heterocycles. The molecule has 1 fully saturated rings. The van der Waals surface area contributed by atoms with E-state index in [1.165, 1.54) is 0 Å². The number of rotatable bonds is 0. The van der Waals surface area contributed by atoms with Crippen molar-refractivity contribution in [2.75, 3.05) is 0 Å². The van der Waals surface area contributed by atoms with Crippen molar-refractivity contribution in [1.29, 1.82) is 0 Å². The van der Waals surface area contributed by atoms with E-state index in [1.807, 2.05) is 6.92 Å². The van der Waals surface area contributed by atoms with E-state index in [-0.39, 0.29) is 23.9 Å². The minimum atomic E-state index is -0.686. The van der Waals surface area contributed by atoms with Crippen LogP contribution in [0.5, 0.6) is 0 Å². The van der Waals surface area contributed by atoms with Gasteiger partial charge in [-0.2, -0.15) is 0 Å². The molecule has 0 bridgehead atoms. The van der Waals surface area contributed by atoms with Gasteiger partial charge in [0.25, 0.3) is 0 Å². The maximum Gasteiger partial charge on any atom is 0.309 e. The van der Waals surface area contributed by atoms with Crippen LogP contribution in [-0.4, -0.2) is 34.5 Å². The fourth-order valence-corrected chi connectivity index (χ4v) is 2.96. The molecule has 4 heteroatoms. The highest BCUT2D eigenvalue weighted by Gasteiger charge is 2.45. The van der Waals surface area contributed by atoms with Crippen LogP contribution in [0.1, 0.15) is 33.1 Å². The Labute approximate surface area is 113 Å². The van der Waals surface area contributed by atoms with Gasteiger partial charge in [-0.15, -0.1) is 0 Å². The highest BCUT2D eigenvalue weighted by atomic mass is 16.6. The summed E-state index contributed by atoms with van der Waals surface area (Å²) in [5.74, 6) is -0.862. The van der Waals surface area contributed by atoms with Gasteiger partial charge in [-0.25, -0.2) is 0 Å². The molecule has 1 aliphatic heterocycles. The molecule has 1 heterocycles. The van der Waals surface area contributed by atoms with E-state index in [0.717, 1.165) is 12.0 Å². The minimum Gasteiger partial charge on any atom is -0.461 e. The molecule has 0 aromatic carbocycles. The number of esters is 1. The van der Waals surface area contributed by atoms with E-state index in [1.54, 1.807) is 13.0 Å². The molecule has 0 amide bonds. The number of aliphatic hydroxyl groups is 2. The van der Waals surface area contributed by atoms with Crippen molar-refractivity contribution in [2.45, 2.75) is 51.4 Å². The van der Waals surface area contributed by atoms with Crippen molar-refractivity contribution in [3.63, 3.8) is 0 Å². The van der Waals surface area contributed by atoms with Crippen molar-refractivity contribution in [1.82, 2.24) is 0 Å². The summed E-state index contributed by atoms with van der Waals surface area (Å²) in [6, 6.07) is 0. The second-order valence-corrected chi connectivity index (χ2v) is 5.76. The maximum atomic E-state index is 11.7. The Bertz CT molecular complexity index is 412. The summed E-state index contributed by atoms with van der Waals surface area (Å²) in [5, 5.41) is 20.3. The largest absolute Gasteiger partial charge is 0.461 e. The second-order valence-electron chi connectivity index (χ2n) is 5.76. The van der Waals surface area contributed by atoms with Gasteiger partial charge in [0.15, 0.2) is 0 Å². The first-order chi connectivity index (χ1) is 8.90. The van der Waals surface area contributed by atoms with E-state index in [9.17, 15) is 15.0 Å². The lowest BCUT2D eigenvalue weighted by Gasteiger charge is -2.26. The molecule has 0 aromatic heterocycles. The summed E-state index contributed by atoms with van der Waals surface area (Å²) in [6.07, 6.45) is 1.88. The van der Waals surface area contributed by atoms with E-state index in [4.69, 9.17) is 4.74 Å². The van der Waals surface area contributed by atoms with Gasteiger partial charge in [0.2, 0.25) is 0 Å². The standard InChI is InChI=1S/C15H22O4/c1-8-4-5-11(16)9(2)7-13-14(12(17)6-8)10(3)15(18)19-13/h6,10-14,16-17H,2,4-5,7H2,1,3H3/b8-6+/t10-,11?,12-,13+,14?/m0/s1. The SMILES string of the molecule is C=C1C[C@H]2OC(=O)[C@@H](C)C2[C@@H](O)/C=C(\C)CCC1O. The lowest BCUT2D eigenvalue weighted by Crippen LogP contribution is -2.32. The third-order valence-corrected chi connectivity index (χ3v) is 4.24. The van der Waals surface area contributed by atoms with Crippen LogP contribution in [0, 0.1) is 11.8 Å². The molecule has 2 aliphatic rings. The lowest BCUT2D eigenvalue weighted by atomic mass is 9.81. The van der Waals surface area contributed by atoms with Crippen molar-refractivity contribution in [3.05, 3.63) is 23.8 Å². The lowest BCUT2D eigenvalue weighted by molar-refractivity contribution is -0.143. The predicted octanol–water partition coefficient (Wildman–Crippen LogP) is 1.57. The molecule has 2 rings (SSSR count). The van der Waals surface area contributed by atoms with Gasteiger partial charge in [-0.05, 0) is 25.3 Å². The highest BCUT2D eigenvalue weighted by molar-refractivity contribution is 5.75. The van der Waals surface area contributed by atoms with Crippen LogP contribution in [0.15, 0.2) is 23.8 Å². The zero-order chi connectivity index (χ0) is 14.2. The minimum absolute atomic E-state index is 0.260. The van der Waals surface area contributed by atoms with Crippen molar-refractivity contribution in [2.24, 2.45) is 11.8 Å². The molecular weight excluding hydrogens is 244 g/mol. The van der Waals surface area contributed by atoms with E-state index in [0.29, 0.717) is 18.4 Å². The van der Waals surface area contributed by atoms with Crippen molar-refractivity contribution < 1.29 is 19.7 Å². The van der Waals surface area contributed by atoms with Gasteiger partial charge in [-0.3, -0.25) is 4.79 Å². The number of allylic oxidation sites excluding steroid dienone is 1. The molecule has 2 N–H and O–H groups in total. The fraction of sp³-hybridized carbons (Fsp3) is 0.667. The number of hydrogen-bond acceptors (Lipinski definition) is 4. The molecule has 4 nitrogen and oxygen atoms in total. The normalized spacial score (nSPS) is 43.2. The molecule has 0 aromatic rings. The smallest absolute Gasteiger partial charge is 0.309 e. The average molecular weight is 266 g/mol. The van der Waals surface area contributed by atoms with Gasteiger partial charge in [-0.1, -0.05) is 25.2 Å². The van der Waals surface area contributed by atoms with Crippen LogP contribution in [0.4, 0.5) is 0 Å². The van der Waals surface area contributed by atoms with Crippen molar-refractivity contribution >= 4 is 5.97 Å². The third kappa shape index (κ3) is 2.90. The summed E-state index contributed by atoms with van der Waals surface area (Å²) in [4.78, 5) is 11.7. The Hall–Kier alpha value is -1.13. The molecule has 19 heavy (non-hydrogen) atoms. The number of aliphatic hydroxyl groups excluding tert-OH is 2. The predicted molar refractivity (Wildman–Crippen MR) is 71.3 cm³/mol. The Morgan fingerprint density at radius 3 is 2.79 bits per heavy atom. The quantitative estimate of drug-likeness (QED) is 0.516. The Morgan fingerprint density at radius 2 is 2.11 bits per heavy atom. The zero-order valence-electron chi connectivity index (χ0n) is 11.5. The van der Waals surface area contributed by atoms with E-state index < -0.39 is 12.2 Å². The Morgan fingerprint density at radius 1 is 1.42 bits per heavy atom. The molecule has 1 aliphatic carbocycles. The molecule has 2 unspecified atom stereocenters. The molecule has 5 atom stereocenters. The van der Waals surface area contributed by atoms with Gasteiger partial charge < -0.3 is 14.9 Å². The highest BCUT2D eigenvalue weighted by Crippen LogP contribution is 2.36. The van der Waals surface area contributed by atoms with Gasteiger partial charge in [0, 0.05) is 12.3 Å². The number of carbonyl (C=O) groups is 1.